The first-order valence-electron chi connectivity index (χ1n) is 9.27. The van der Waals surface area contributed by atoms with Crippen molar-refractivity contribution in [3.63, 3.8) is 0 Å². The molecule has 0 unspecified atom stereocenters. The Morgan fingerprint density at radius 1 is 0.857 bits per heavy atom. The SMILES string of the molecule is Cc1c(Cl)cccc1Nc1nc(NCCc2ccccc2)c2ccccc2n1. The second-order valence-electron chi connectivity index (χ2n) is 6.61. The van der Waals surface area contributed by atoms with Gasteiger partial charge in [-0.2, -0.15) is 4.98 Å². The molecule has 28 heavy (non-hydrogen) atoms. The fourth-order valence-electron chi connectivity index (χ4n) is 3.10. The van der Waals surface area contributed by atoms with Gasteiger partial charge in [0.05, 0.1) is 5.52 Å². The van der Waals surface area contributed by atoms with Crippen molar-refractivity contribution >= 4 is 40.0 Å². The summed E-state index contributed by atoms with van der Waals surface area (Å²) in [7, 11) is 0. The lowest BCUT2D eigenvalue weighted by Gasteiger charge is -2.13. The zero-order chi connectivity index (χ0) is 19.3. The normalized spacial score (nSPS) is 10.8. The molecule has 4 rings (SSSR count). The van der Waals surface area contributed by atoms with Crippen LogP contribution in [-0.2, 0) is 6.42 Å². The Hall–Kier alpha value is -3.11. The van der Waals surface area contributed by atoms with Crippen LogP contribution in [0.1, 0.15) is 11.1 Å². The van der Waals surface area contributed by atoms with Crippen LogP contribution < -0.4 is 10.6 Å². The molecule has 3 aromatic carbocycles. The first-order valence-corrected chi connectivity index (χ1v) is 9.65. The third-order valence-electron chi connectivity index (χ3n) is 4.67. The number of rotatable bonds is 6. The first-order chi connectivity index (χ1) is 13.7. The summed E-state index contributed by atoms with van der Waals surface area (Å²) >= 11 is 6.24. The van der Waals surface area contributed by atoms with Crippen molar-refractivity contribution in [2.75, 3.05) is 17.2 Å². The van der Waals surface area contributed by atoms with Crippen LogP contribution >= 0.6 is 11.6 Å². The van der Waals surface area contributed by atoms with Crippen molar-refractivity contribution in [1.82, 2.24) is 9.97 Å². The molecule has 0 bridgehead atoms. The number of halogens is 1. The quantitative estimate of drug-likeness (QED) is 0.426. The van der Waals surface area contributed by atoms with E-state index in [4.69, 9.17) is 16.6 Å². The van der Waals surface area contributed by atoms with Crippen LogP contribution in [0.4, 0.5) is 17.5 Å². The van der Waals surface area contributed by atoms with Gasteiger partial charge in [0.2, 0.25) is 5.95 Å². The van der Waals surface area contributed by atoms with E-state index in [0.717, 1.165) is 40.9 Å². The van der Waals surface area contributed by atoms with Gasteiger partial charge < -0.3 is 10.6 Å². The summed E-state index contributed by atoms with van der Waals surface area (Å²) in [4.78, 5) is 9.38. The van der Waals surface area contributed by atoms with Crippen LogP contribution in [0.5, 0.6) is 0 Å². The number of aromatic nitrogens is 2. The van der Waals surface area contributed by atoms with Gasteiger partial charge in [-0.25, -0.2) is 4.98 Å². The number of hydrogen-bond donors (Lipinski definition) is 2. The maximum atomic E-state index is 6.24. The second kappa shape index (κ2) is 8.28. The Balaban J connectivity index is 1.60. The van der Waals surface area contributed by atoms with Crippen molar-refractivity contribution in [2.45, 2.75) is 13.3 Å². The molecule has 5 heteroatoms. The molecule has 0 saturated carbocycles. The fourth-order valence-corrected chi connectivity index (χ4v) is 3.28. The van der Waals surface area contributed by atoms with Crippen LogP contribution in [0, 0.1) is 6.92 Å². The van der Waals surface area contributed by atoms with E-state index < -0.39 is 0 Å². The van der Waals surface area contributed by atoms with E-state index in [-0.39, 0.29) is 0 Å². The molecule has 4 nitrogen and oxygen atoms in total. The van der Waals surface area contributed by atoms with Gasteiger partial charge in [0.1, 0.15) is 5.82 Å². The molecule has 0 aliphatic heterocycles. The average molecular weight is 389 g/mol. The van der Waals surface area contributed by atoms with E-state index in [1.165, 1.54) is 5.56 Å². The van der Waals surface area contributed by atoms with Crippen molar-refractivity contribution in [3.05, 3.63) is 88.9 Å². The molecular weight excluding hydrogens is 368 g/mol. The van der Waals surface area contributed by atoms with E-state index in [1.54, 1.807) is 0 Å². The van der Waals surface area contributed by atoms with E-state index in [2.05, 4.69) is 39.9 Å². The van der Waals surface area contributed by atoms with Crippen molar-refractivity contribution in [2.24, 2.45) is 0 Å². The third kappa shape index (κ3) is 4.07. The van der Waals surface area contributed by atoms with E-state index in [0.29, 0.717) is 11.0 Å². The number of anilines is 3. The Labute approximate surface area is 169 Å². The minimum absolute atomic E-state index is 0.547. The zero-order valence-electron chi connectivity index (χ0n) is 15.6. The summed E-state index contributed by atoms with van der Waals surface area (Å²) in [5.41, 5.74) is 4.06. The molecule has 140 valence electrons. The van der Waals surface area contributed by atoms with E-state index in [1.807, 2.05) is 55.5 Å². The van der Waals surface area contributed by atoms with Gasteiger partial charge in [-0.1, -0.05) is 60.1 Å². The maximum absolute atomic E-state index is 6.24. The summed E-state index contributed by atoms with van der Waals surface area (Å²) in [5.74, 6) is 1.37. The highest BCUT2D eigenvalue weighted by Gasteiger charge is 2.09. The molecule has 0 spiro atoms. The molecule has 0 amide bonds. The lowest BCUT2D eigenvalue weighted by atomic mass is 10.1. The maximum Gasteiger partial charge on any atom is 0.229 e. The molecule has 0 radical (unpaired) electrons. The lowest BCUT2D eigenvalue weighted by Crippen LogP contribution is -2.09. The smallest absolute Gasteiger partial charge is 0.229 e. The minimum Gasteiger partial charge on any atom is -0.369 e. The molecule has 2 N–H and O–H groups in total. The highest BCUT2D eigenvalue weighted by molar-refractivity contribution is 6.31. The van der Waals surface area contributed by atoms with Gasteiger partial charge in [-0.3, -0.25) is 0 Å². The predicted molar refractivity (Wildman–Crippen MR) is 118 cm³/mol. The molecule has 1 aromatic heterocycles. The molecule has 0 fully saturated rings. The minimum atomic E-state index is 0.547. The molecule has 0 saturated heterocycles. The highest BCUT2D eigenvalue weighted by atomic mass is 35.5. The van der Waals surface area contributed by atoms with Crippen LogP contribution in [0.3, 0.4) is 0 Å². The number of nitrogens with zero attached hydrogens (tertiary/aromatic N) is 2. The Kier molecular flexibility index (Phi) is 5.40. The Bertz CT molecular complexity index is 1100. The number of hydrogen-bond acceptors (Lipinski definition) is 4. The molecular formula is C23H21ClN4. The third-order valence-corrected chi connectivity index (χ3v) is 5.08. The summed E-state index contributed by atoms with van der Waals surface area (Å²) in [6, 6.07) is 24.2. The second-order valence-corrected chi connectivity index (χ2v) is 7.02. The standard InChI is InChI=1S/C23H21ClN4/c1-16-19(24)11-7-13-20(16)26-23-27-21-12-6-5-10-18(21)22(28-23)25-15-14-17-8-3-2-4-9-17/h2-13H,14-15H2,1H3,(H2,25,26,27,28). The van der Waals surface area contributed by atoms with Gasteiger partial charge in [0.15, 0.2) is 0 Å². The Morgan fingerprint density at radius 2 is 1.64 bits per heavy atom. The van der Waals surface area contributed by atoms with E-state index >= 15 is 0 Å². The van der Waals surface area contributed by atoms with Crippen LogP contribution in [0.15, 0.2) is 72.8 Å². The number of nitrogens with one attached hydrogen (secondary N) is 2. The summed E-state index contributed by atoms with van der Waals surface area (Å²) in [5, 5.41) is 8.50. The van der Waals surface area contributed by atoms with Gasteiger partial charge in [-0.15, -0.1) is 0 Å². The molecule has 0 aliphatic carbocycles. The van der Waals surface area contributed by atoms with Gasteiger partial charge in [0.25, 0.3) is 0 Å². The van der Waals surface area contributed by atoms with Crippen LogP contribution in [0.25, 0.3) is 10.9 Å². The van der Waals surface area contributed by atoms with Gasteiger partial charge in [0, 0.05) is 22.6 Å². The van der Waals surface area contributed by atoms with Crippen LogP contribution in [0.2, 0.25) is 5.02 Å². The fraction of sp³-hybridized carbons (Fsp3) is 0.130. The average Bonchev–Trinajstić information content (AvgIpc) is 2.72. The summed E-state index contributed by atoms with van der Waals surface area (Å²) < 4.78 is 0. The lowest BCUT2D eigenvalue weighted by molar-refractivity contribution is 1.01. The first kappa shape index (κ1) is 18.3. The van der Waals surface area contributed by atoms with Crippen LogP contribution in [-0.4, -0.2) is 16.5 Å². The van der Waals surface area contributed by atoms with Gasteiger partial charge >= 0.3 is 0 Å². The monoisotopic (exact) mass is 388 g/mol. The Morgan fingerprint density at radius 3 is 2.50 bits per heavy atom. The van der Waals surface area contributed by atoms with Crippen molar-refractivity contribution in [3.8, 4) is 0 Å². The molecule has 4 aromatic rings. The topological polar surface area (TPSA) is 49.8 Å². The molecule has 0 aliphatic rings. The van der Waals surface area contributed by atoms with Crippen molar-refractivity contribution in [1.29, 1.82) is 0 Å². The van der Waals surface area contributed by atoms with E-state index in [9.17, 15) is 0 Å². The highest BCUT2D eigenvalue weighted by Crippen LogP contribution is 2.27. The number of fused-ring (bicyclic) bond motifs is 1. The number of para-hydroxylation sites is 1. The molecule has 1 heterocycles. The van der Waals surface area contributed by atoms with Gasteiger partial charge in [-0.05, 0) is 48.7 Å². The van der Waals surface area contributed by atoms with Crippen molar-refractivity contribution < 1.29 is 0 Å². The molecule has 0 atom stereocenters. The largest absolute Gasteiger partial charge is 0.369 e. The summed E-state index contributed by atoms with van der Waals surface area (Å²) in [6.07, 6.45) is 0.926. The predicted octanol–water partition coefficient (Wildman–Crippen LogP) is 5.99. The number of benzene rings is 3. The summed E-state index contributed by atoms with van der Waals surface area (Å²) in [6.45, 7) is 2.77. The zero-order valence-corrected chi connectivity index (χ0v) is 16.4.